The van der Waals surface area contributed by atoms with E-state index in [0.29, 0.717) is 28.8 Å². The van der Waals surface area contributed by atoms with Crippen molar-refractivity contribution in [3.63, 3.8) is 0 Å². The summed E-state index contributed by atoms with van der Waals surface area (Å²) in [5.74, 6) is 0.959. The third kappa shape index (κ3) is 5.78. The van der Waals surface area contributed by atoms with Crippen molar-refractivity contribution < 1.29 is 14.3 Å². The van der Waals surface area contributed by atoms with Crippen LogP contribution in [0.5, 0.6) is 5.75 Å². The number of anilines is 1. The van der Waals surface area contributed by atoms with E-state index >= 15 is 0 Å². The lowest BCUT2D eigenvalue weighted by atomic mass is 9.83. The van der Waals surface area contributed by atoms with Crippen molar-refractivity contribution in [3.8, 4) is 5.75 Å². The lowest BCUT2D eigenvalue weighted by molar-refractivity contribution is -0.125. The van der Waals surface area contributed by atoms with Crippen LogP contribution in [0.2, 0.25) is 5.02 Å². The summed E-state index contributed by atoms with van der Waals surface area (Å²) in [6, 6.07) is 21.8. The summed E-state index contributed by atoms with van der Waals surface area (Å²) in [6.07, 6.45) is 8.17. The predicted octanol–water partition coefficient (Wildman–Crippen LogP) is 7.69. The highest BCUT2D eigenvalue weighted by Gasteiger charge is 2.34. The normalized spacial score (nSPS) is 14.8. The number of aromatic nitrogens is 1. The minimum absolute atomic E-state index is 0.0577. The Morgan fingerprint density at radius 3 is 2.39 bits per heavy atom. The van der Waals surface area contributed by atoms with Crippen LogP contribution >= 0.6 is 11.6 Å². The molecule has 1 N–H and O–H groups in total. The topological polar surface area (TPSA) is 62.4 Å². The van der Waals surface area contributed by atoms with Crippen LogP contribution in [0, 0.1) is 5.92 Å². The Morgan fingerprint density at radius 1 is 0.974 bits per heavy atom. The zero-order valence-corrected chi connectivity index (χ0v) is 22.4. The van der Waals surface area contributed by atoms with E-state index in [-0.39, 0.29) is 18.1 Å². The van der Waals surface area contributed by atoms with Crippen molar-refractivity contribution >= 4 is 39.9 Å². The van der Waals surface area contributed by atoms with Crippen molar-refractivity contribution in [3.05, 3.63) is 95.1 Å². The van der Waals surface area contributed by atoms with E-state index in [9.17, 15) is 9.59 Å². The lowest BCUT2D eigenvalue weighted by Crippen LogP contribution is -2.40. The molecule has 5 rings (SSSR count). The highest BCUT2D eigenvalue weighted by Crippen LogP contribution is 2.35. The summed E-state index contributed by atoms with van der Waals surface area (Å²) in [6.45, 7) is 0. The van der Waals surface area contributed by atoms with Crippen LogP contribution < -0.4 is 9.64 Å². The molecule has 1 unspecified atom stereocenters. The number of aromatic amines is 1. The number of methoxy groups -OCH3 is 1. The van der Waals surface area contributed by atoms with E-state index in [0.717, 1.165) is 47.7 Å². The Kier molecular flexibility index (Phi) is 8.14. The summed E-state index contributed by atoms with van der Waals surface area (Å²) in [7, 11) is 1.61. The van der Waals surface area contributed by atoms with Crippen molar-refractivity contribution in [2.45, 2.75) is 51.0 Å². The number of para-hydroxylation sites is 1. The van der Waals surface area contributed by atoms with Gasteiger partial charge in [0.1, 0.15) is 11.8 Å². The van der Waals surface area contributed by atoms with Gasteiger partial charge in [-0.05, 0) is 59.5 Å². The second-order valence-corrected chi connectivity index (χ2v) is 10.6. The summed E-state index contributed by atoms with van der Waals surface area (Å²) in [4.78, 5) is 33.2. The van der Waals surface area contributed by atoms with Crippen molar-refractivity contribution in [1.82, 2.24) is 4.98 Å². The van der Waals surface area contributed by atoms with Crippen LogP contribution in [0.15, 0.2) is 79.0 Å². The molecule has 196 valence electrons. The molecule has 6 heteroatoms. The highest BCUT2D eigenvalue weighted by molar-refractivity contribution is 6.30. The number of nitrogens with one attached hydrogen (secondary N) is 1. The minimum atomic E-state index is -0.750. The third-order valence-electron chi connectivity index (χ3n) is 7.60. The molecule has 1 saturated carbocycles. The molecule has 0 saturated heterocycles. The number of ether oxygens (including phenoxy) is 1. The average molecular weight is 529 g/mol. The monoisotopic (exact) mass is 528 g/mol. The van der Waals surface area contributed by atoms with Crippen molar-refractivity contribution in [2.24, 2.45) is 5.92 Å². The van der Waals surface area contributed by atoms with Gasteiger partial charge in [-0.1, -0.05) is 74.0 Å². The van der Waals surface area contributed by atoms with Gasteiger partial charge < -0.3 is 9.72 Å². The smallest absolute Gasteiger partial charge is 0.232 e. The molecule has 3 aromatic carbocycles. The fourth-order valence-corrected chi connectivity index (χ4v) is 5.74. The van der Waals surface area contributed by atoms with Crippen LogP contribution in [-0.4, -0.2) is 23.8 Å². The number of hydrogen-bond donors (Lipinski definition) is 1. The molecule has 0 radical (unpaired) electrons. The molecule has 1 atom stereocenters. The predicted molar refractivity (Wildman–Crippen MR) is 153 cm³/mol. The van der Waals surface area contributed by atoms with Gasteiger partial charge in [0.15, 0.2) is 5.78 Å². The second kappa shape index (κ2) is 11.9. The number of carbonyl (C=O) groups is 2. The fraction of sp³-hybridized carbons (Fsp3) is 0.312. The van der Waals surface area contributed by atoms with Gasteiger partial charge in [-0.25, -0.2) is 0 Å². The van der Waals surface area contributed by atoms with Crippen LogP contribution in [0.4, 0.5) is 5.69 Å². The zero-order valence-electron chi connectivity index (χ0n) is 21.7. The number of H-pyrrole nitrogens is 1. The fourth-order valence-electron chi connectivity index (χ4n) is 5.62. The number of benzene rings is 3. The zero-order chi connectivity index (χ0) is 26.5. The first-order valence-corrected chi connectivity index (χ1v) is 13.7. The number of halogens is 1. The van der Waals surface area contributed by atoms with Gasteiger partial charge in [0.05, 0.1) is 13.5 Å². The molecular formula is C32H33ClN2O3. The molecule has 0 bridgehead atoms. The molecular weight excluding hydrogens is 496 g/mol. The number of fused-ring (bicyclic) bond motifs is 1. The molecule has 1 fully saturated rings. The molecule has 1 aromatic heterocycles. The highest BCUT2D eigenvalue weighted by atomic mass is 35.5. The van der Waals surface area contributed by atoms with E-state index in [1.165, 1.54) is 6.42 Å². The van der Waals surface area contributed by atoms with Gasteiger partial charge in [-0.2, -0.15) is 0 Å². The summed E-state index contributed by atoms with van der Waals surface area (Å²) in [5, 5.41) is 1.60. The standard InChI is InChI=1S/C32H33ClN2O3/c1-38-27-17-15-26(16-18-27)35(31(37)20-24-21-34-29-10-6-5-9-28(24)29)32(23-11-13-25(33)14-12-23)30(36)19-22-7-3-2-4-8-22/h5-6,9-18,21-22,32,34H,2-4,7-8,19-20H2,1H3. The number of carbonyl (C=O) groups excluding carboxylic acids is 2. The average Bonchev–Trinajstić information content (AvgIpc) is 3.35. The van der Waals surface area contributed by atoms with Crippen molar-refractivity contribution in [2.75, 3.05) is 12.0 Å². The second-order valence-electron chi connectivity index (χ2n) is 10.1. The Labute approximate surface area is 228 Å². The van der Waals surface area contributed by atoms with E-state index in [1.807, 2.05) is 66.9 Å². The van der Waals surface area contributed by atoms with Gasteiger partial charge in [0.25, 0.3) is 0 Å². The van der Waals surface area contributed by atoms with Gasteiger partial charge in [0, 0.05) is 34.2 Å². The molecule has 1 amide bonds. The minimum Gasteiger partial charge on any atom is -0.497 e. The maximum Gasteiger partial charge on any atom is 0.232 e. The largest absolute Gasteiger partial charge is 0.497 e. The lowest BCUT2D eigenvalue weighted by Gasteiger charge is -2.33. The Hall–Kier alpha value is -3.57. The first kappa shape index (κ1) is 26.1. The Bertz CT molecular complexity index is 1390. The molecule has 1 heterocycles. The van der Waals surface area contributed by atoms with Gasteiger partial charge in [-0.3, -0.25) is 14.5 Å². The molecule has 1 aliphatic rings. The number of ketones is 1. The Morgan fingerprint density at radius 2 is 1.68 bits per heavy atom. The van der Waals surface area contributed by atoms with Gasteiger partial charge in [0.2, 0.25) is 5.91 Å². The van der Waals surface area contributed by atoms with E-state index in [4.69, 9.17) is 16.3 Å². The van der Waals surface area contributed by atoms with Crippen LogP contribution in [-0.2, 0) is 16.0 Å². The SMILES string of the molecule is COc1ccc(N(C(=O)Cc2c[nH]c3ccccc23)C(C(=O)CC2CCCCC2)c2ccc(Cl)cc2)cc1. The summed E-state index contributed by atoms with van der Waals surface area (Å²) < 4.78 is 5.36. The molecule has 0 spiro atoms. The van der Waals surface area contributed by atoms with E-state index < -0.39 is 6.04 Å². The number of amides is 1. The number of Topliss-reactive ketones (excluding diaryl/α,β-unsaturated/α-hetero) is 1. The van der Waals surface area contributed by atoms with Crippen LogP contribution in [0.1, 0.15) is 55.7 Å². The first-order valence-electron chi connectivity index (χ1n) is 13.3. The third-order valence-corrected chi connectivity index (χ3v) is 7.85. The molecule has 0 aliphatic heterocycles. The quantitative estimate of drug-likeness (QED) is 0.242. The van der Waals surface area contributed by atoms with Crippen LogP contribution in [0.3, 0.4) is 0 Å². The van der Waals surface area contributed by atoms with E-state index in [2.05, 4.69) is 4.98 Å². The molecule has 1 aliphatic carbocycles. The first-order chi connectivity index (χ1) is 18.5. The maximum atomic E-state index is 14.2. The molecule has 38 heavy (non-hydrogen) atoms. The van der Waals surface area contributed by atoms with E-state index in [1.54, 1.807) is 24.1 Å². The Balaban J connectivity index is 1.55. The van der Waals surface area contributed by atoms with Crippen LogP contribution in [0.25, 0.3) is 10.9 Å². The molecule has 4 aromatic rings. The molecule has 5 nitrogen and oxygen atoms in total. The van der Waals surface area contributed by atoms with Gasteiger partial charge >= 0.3 is 0 Å². The number of hydrogen-bond acceptors (Lipinski definition) is 3. The van der Waals surface area contributed by atoms with Crippen molar-refractivity contribution in [1.29, 1.82) is 0 Å². The summed E-state index contributed by atoms with van der Waals surface area (Å²) in [5.41, 5.74) is 3.30. The summed E-state index contributed by atoms with van der Waals surface area (Å²) >= 11 is 6.21. The number of rotatable bonds is 9. The maximum absolute atomic E-state index is 14.2. The van der Waals surface area contributed by atoms with Gasteiger partial charge in [-0.15, -0.1) is 0 Å². The number of nitrogens with zero attached hydrogens (tertiary/aromatic N) is 1.